The lowest BCUT2D eigenvalue weighted by atomic mass is 10.1. The number of fused-ring (bicyclic) bond motifs is 1. The van der Waals surface area contributed by atoms with E-state index in [9.17, 15) is 9.90 Å². The molecule has 0 amide bonds. The molecule has 3 nitrogen and oxygen atoms in total. The average Bonchev–Trinajstić information content (AvgIpc) is 2.36. The van der Waals surface area contributed by atoms with Crippen molar-refractivity contribution in [1.29, 1.82) is 0 Å². The van der Waals surface area contributed by atoms with Gasteiger partial charge in [0.1, 0.15) is 11.5 Å². The highest BCUT2D eigenvalue weighted by molar-refractivity contribution is 5.89. The molecule has 0 aromatic heterocycles. The van der Waals surface area contributed by atoms with Gasteiger partial charge < -0.3 is 9.84 Å². The highest BCUT2D eigenvalue weighted by Crippen LogP contribution is 2.28. The normalized spacial score (nSPS) is 10.4. The van der Waals surface area contributed by atoms with Crippen molar-refractivity contribution >= 4 is 10.8 Å². The number of methoxy groups -OCH3 is 1. The smallest absolute Gasteiger partial charge is 0.179 e. The van der Waals surface area contributed by atoms with E-state index in [2.05, 4.69) is 0 Å². The maximum atomic E-state index is 11.5. The number of rotatable bonds is 1. The summed E-state index contributed by atoms with van der Waals surface area (Å²) in [4.78, 5) is 11.5. The van der Waals surface area contributed by atoms with Gasteiger partial charge in [-0.05, 0) is 48.2 Å². The third-order valence-electron chi connectivity index (χ3n) is 2.54. The first kappa shape index (κ1) is 10.5. The zero-order chi connectivity index (χ0) is 11.7. The van der Waals surface area contributed by atoms with Gasteiger partial charge in [-0.3, -0.25) is 4.79 Å². The lowest BCUT2D eigenvalue weighted by Crippen LogP contribution is -1.91. The van der Waals surface area contributed by atoms with E-state index in [0.29, 0.717) is 22.1 Å². The summed E-state index contributed by atoms with van der Waals surface area (Å²) in [6, 6.07) is 8.14. The molecule has 16 heavy (non-hydrogen) atoms. The van der Waals surface area contributed by atoms with Crippen molar-refractivity contribution in [1.82, 2.24) is 0 Å². The first-order valence-corrected chi connectivity index (χ1v) is 4.93. The number of ether oxygens (including phenoxy) is 1. The van der Waals surface area contributed by atoms with Crippen molar-refractivity contribution in [3.05, 3.63) is 46.1 Å². The third kappa shape index (κ3) is 1.72. The zero-order valence-electron chi connectivity index (χ0n) is 9.15. The Kier molecular flexibility index (Phi) is 2.52. The van der Waals surface area contributed by atoms with Gasteiger partial charge in [0.05, 0.1) is 7.11 Å². The molecule has 0 fully saturated rings. The van der Waals surface area contributed by atoms with Crippen molar-refractivity contribution in [2.24, 2.45) is 0 Å². The number of hydrogen-bond donors (Lipinski definition) is 1. The zero-order valence-corrected chi connectivity index (χ0v) is 9.15. The molecule has 0 unspecified atom stereocenters. The molecule has 2 rings (SSSR count). The lowest BCUT2D eigenvalue weighted by molar-refractivity contribution is 0.415. The highest BCUT2D eigenvalue weighted by Gasteiger charge is 2.04. The first-order chi connectivity index (χ1) is 7.61. The van der Waals surface area contributed by atoms with Crippen molar-refractivity contribution in [2.75, 3.05) is 7.11 Å². The van der Waals surface area contributed by atoms with E-state index in [0.717, 1.165) is 0 Å². The molecule has 82 valence electrons. The minimum Gasteiger partial charge on any atom is -0.507 e. The number of aryl methyl sites for hydroxylation is 1. The first-order valence-electron chi connectivity index (χ1n) is 4.93. The minimum absolute atomic E-state index is 0.129. The van der Waals surface area contributed by atoms with E-state index >= 15 is 0 Å². The fourth-order valence-corrected chi connectivity index (χ4v) is 1.69. The Morgan fingerprint density at radius 1 is 1.19 bits per heavy atom. The number of benzene rings is 1. The van der Waals surface area contributed by atoms with E-state index in [1.54, 1.807) is 32.2 Å². The Hall–Kier alpha value is -2.03. The predicted octanol–water partition coefficient (Wildman–Crippen LogP) is 2.22. The summed E-state index contributed by atoms with van der Waals surface area (Å²) >= 11 is 0. The van der Waals surface area contributed by atoms with Crippen LogP contribution in [-0.4, -0.2) is 12.2 Å². The Morgan fingerprint density at radius 2 is 1.94 bits per heavy atom. The van der Waals surface area contributed by atoms with Crippen LogP contribution < -0.4 is 10.2 Å². The quantitative estimate of drug-likeness (QED) is 0.795. The molecule has 2 aromatic carbocycles. The summed E-state index contributed by atoms with van der Waals surface area (Å²) in [5.41, 5.74) is 0.446. The van der Waals surface area contributed by atoms with Gasteiger partial charge in [0.25, 0.3) is 0 Å². The van der Waals surface area contributed by atoms with E-state index in [4.69, 9.17) is 4.74 Å². The number of aromatic hydroxyl groups is 1. The van der Waals surface area contributed by atoms with Gasteiger partial charge in [-0.2, -0.15) is 0 Å². The van der Waals surface area contributed by atoms with Gasteiger partial charge in [-0.1, -0.05) is 0 Å². The molecule has 0 saturated carbocycles. The molecule has 0 heterocycles. The van der Waals surface area contributed by atoms with E-state index < -0.39 is 0 Å². The van der Waals surface area contributed by atoms with Crippen LogP contribution in [0.1, 0.15) is 5.56 Å². The van der Waals surface area contributed by atoms with Gasteiger partial charge in [0.2, 0.25) is 0 Å². The summed E-state index contributed by atoms with van der Waals surface area (Å²) in [6.07, 6.45) is 0. The summed E-state index contributed by atoms with van der Waals surface area (Å²) < 4.78 is 5.08. The van der Waals surface area contributed by atoms with Crippen LogP contribution >= 0.6 is 0 Å². The van der Waals surface area contributed by atoms with Gasteiger partial charge in [0.15, 0.2) is 5.43 Å². The van der Waals surface area contributed by atoms with Crippen LogP contribution in [0.3, 0.4) is 0 Å². The van der Waals surface area contributed by atoms with Gasteiger partial charge in [-0.15, -0.1) is 0 Å². The molecule has 0 atom stereocenters. The highest BCUT2D eigenvalue weighted by atomic mass is 16.5. The van der Waals surface area contributed by atoms with E-state index in [1.807, 2.05) is 0 Å². The van der Waals surface area contributed by atoms with Crippen LogP contribution in [0.4, 0.5) is 0 Å². The minimum atomic E-state index is -0.129. The Labute approximate surface area is 92.9 Å². The van der Waals surface area contributed by atoms with Gasteiger partial charge >= 0.3 is 0 Å². The topological polar surface area (TPSA) is 46.5 Å². The summed E-state index contributed by atoms with van der Waals surface area (Å²) in [5, 5.41) is 11.3. The van der Waals surface area contributed by atoms with Crippen LogP contribution in [0.25, 0.3) is 10.8 Å². The van der Waals surface area contributed by atoms with Crippen LogP contribution in [0.15, 0.2) is 35.1 Å². The van der Waals surface area contributed by atoms with Crippen LogP contribution in [0, 0.1) is 6.92 Å². The largest absolute Gasteiger partial charge is 0.507 e. The van der Waals surface area contributed by atoms with Crippen LogP contribution in [0.2, 0.25) is 0 Å². The molecule has 0 spiro atoms. The second-order valence-electron chi connectivity index (χ2n) is 3.68. The molecule has 2 aromatic rings. The van der Waals surface area contributed by atoms with Crippen molar-refractivity contribution < 1.29 is 9.84 Å². The molecule has 0 saturated heterocycles. The summed E-state index contributed by atoms with van der Waals surface area (Å²) in [7, 11) is 1.56. The standard InChI is InChI=1S/C13H12O3/c1-8-5-10(14)6-9-7-11(16-2)3-4-12(9)13(8)15/h3-7,15H,1-2H3. The maximum Gasteiger partial charge on any atom is 0.179 e. The Morgan fingerprint density at radius 3 is 2.62 bits per heavy atom. The van der Waals surface area contributed by atoms with Crippen LogP contribution in [-0.2, 0) is 0 Å². The predicted molar refractivity (Wildman–Crippen MR) is 63.2 cm³/mol. The molecule has 3 heteroatoms. The lowest BCUT2D eigenvalue weighted by Gasteiger charge is -2.01. The second kappa shape index (κ2) is 3.85. The molecule has 0 aliphatic heterocycles. The molecule has 0 aliphatic rings. The SMILES string of the molecule is COc1ccc2c(O)c(C)cc(=O)cc2c1. The summed E-state index contributed by atoms with van der Waals surface area (Å²) in [6.45, 7) is 1.71. The van der Waals surface area contributed by atoms with Crippen molar-refractivity contribution in [3.63, 3.8) is 0 Å². The van der Waals surface area contributed by atoms with Crippen molar-refractivity contribution in [2.45, 2.75) is 6.92 Å². The second-order valence-corrected chi connectivity index (χ2v) is 3.68. The fourth-order valence-electron chi connectivity index (χ4n) is 1.69. The van der Waals surface area contributed by atoms with Crippen LogP contribution in [0.5, 0.6) is 11.5 Å². The molecule has 0 bridgehead atoms. The maximum absolute atomic E-state index is 11.5. The van der Waals surface area contributed by atoms with Crippen molar-refractivity contribution in [3.8, 4) is 11.5 Å². The molecular formula is C13H12O3. The average molecular weight is 216 g/mol. The Balaban J connectivity index is 2.94. The van der Waals surface area contributed by atoms with E-state index in [1.165, 1.54) is 12.1 Å². The monoisotopic (exact) mass is 216 g/mol. The summed E-state index contributed by atoms with van der Waals surface area (Å²) in [5.74, 6) is 0.801. The molecule has 0 radical (unpaired) electrons. The molecular weight excluding hydrogens is 204 g/mol. The number of hydrogen-bond acceptors (Lipinski definition) is 3. The molecule has 0 aliphatic carbocycles. The fraction of sp³-hybridized carbons (Fsp3) is 0.154. The van der Waals surface area contributed by atoms with Gasteiger partial charge in [0, 0.05) is 5.39 Å². The van der Waals surface area contributed by atoms with Gasteiger partial charge in [-0.25, -0.2) is 0 Å². The Bertz CT molecular complexity index is 603. The third-order valence-corrected chi connectivity index (χ3v) is 2.54. The van der Waals surface area contributed by atoms with E-state index in [-0.39, 0.29) is 11.2 Å². The molecule has 1 N–H and O–H groups in total.